The summed E-state index contributed by atoms with van der Waals surface area (Å²) >= 11 is 1.13. The second-order valence-corrected chi connectivity index (χ2v) is 7.28. The van der Waals surface area contributed by atoms with Crippen molar-refractivity contribution < 1.29 is 29.0 Å². The van der Waals surface area contributed by atoms with Crippen LogP contribution in [0.25, 0.3) is 0 Å². The van der Waals surface area contributed by atoms with Crippen LogP contribution in [0, 0.1) is 0 Å². The van der Waals surface area contributed by atoms with Crippen molar-refractivity contribution in [3.63, 3.8) is 0 Å². The van der Waals surface area contributed by atoms with Crippen LogP contribution in [0.2, 0.25) is 0 Å². The van der Waals surface area contributed by atoms with Crippen LogP contribution in [0.4, 0.5) is 11.4 Å². The summed E-state index contributed by atoms with van der Waals surface area (Å²) in [5.74, 6) is 0.255. The van der Waals surface area contributed by atoms with Crippen LogP contribution in [0.3, 0.4) is 0 Å². The van der Waals surface area contributed by atoms with Gasteiger partial charge >= 0.3 is 0 Å². The number of rotatable bonds is 9. The Morgan fingerprint density at radius 3 is 2.48 bits per heavy atom. The fourth-order valence-electron chi connectivity index (χ4n) is 2.35. The minimum atomic E-state index is -0.564. The first-order valence-electron chi connectivity index (χ1n) is 8.60. The molecule has 0 radical (unpaired) electrons. The Kier molecular flexibility index (Phi) is 7.90. The largest absolute Gasteiger partial charge is 0.506 e. The number of anilines is 2. The number of aldehydes is 1. The number of methoxy groups -OCH3 is 2. The Labute approximate surface area is 172 Å². The average molecular weight is 418 g/mol. The summed E-state index contributed by atoms with van der Waals surface area (Å²) in [4.78, 5) is 35.3. The van der Waals surface area contributed by atoms with Gasteiger partial charge in [0.2, 0.25) is 11.8 Å². The number of amides is 2. The van der Waals surface area contributed by atoms with Crippen molar-refractivity contribution in [3.8, 4) is 17.2 Å². The van der Waals surface area contributed by atoms with E-state index in [4.69, 9.17) is 9.47 Å². The zero-order valence-corrected chi connectivity index (χ0v) is 17.0. The third-order valence-electron chi connectivity index (χ3n) is 3.92. The van der Waals surface area contributed by atoms with Gasteiger partial charge in [-0.25, -0.2) is 0 Å². The average Bonchev–Trinajstić information content (AvgIpc) is 2.73. The van der Waals surface area contributed by atoms with E-state index in [1.807, 2.05) is 0 Å². The molecule has 9 heteroatoms. The molecule has 1 unspecified atom stereocenters. The van der Waals surface area contributed by atoms with Crippen molar-refractivity contribution in [1.29, 1.82) is 0 Å². The molecule has 0 aliphatic rings. The van der Waals surface area contributed by atoms with Gasteiger partial charge in [0.1, 0.15) is 12.0 Å². The third-order valence-corrected chi connectivity index (χ3v) is 5.06. The molecule has 29 heavy (non-hydrogen) atoms. The lowest BCUT2D eigenvalue weighted by Crippen LogP contribution is -2.25. The maximum Gasteiger partial charge on any atom is 0.237 e. The van der Waals surface area contributed by atoms with Crippen molar-refractivity contribution in [1.82, 2.24) is 0 Å². The fraction of sp³-hybridized carbons (Fsp3) is 0.250. The first-order chi connectivity index (χ1) is 13.9. The first kappa shape index (κ1) is 22.1. The Balaban J connectivity index is 1.89. The molecular formula is C20H22N2O6S. The summed E-state index contributed by atoms with van der Waals surface area (Å²) < 4.78 is 10.3. The van der Waals surface area contributed by atoms with E-state index in [2.05, 4.69) is 10.6 Å². The Morgan fingerprint density at radius 1 is 1.10 bits per heavy atom. The third kappa shape index (κ3) is 6.15. The highest BCUT2D eigenvalue weighted by Crippen LogP contribution is 2.30. The highest BCUT2D eigenvalue weighted by molar-refractivity contribution is 8.01. The van der Waals surface area contributed by atoms with Crippen LogP contribution >= 0.6 is 11.8 Å². The molecule has 154 valence electrons. The minimum Gasteiger partial charge on any atom is -0.506 e. The fourth-order valence-corrected chi connectivity index (χ4v) is 3.03. The van der Waals surface area contributed by atoms with E-state index in [0.29, 0.717) is 29.0 Å². The van der Waals surface area contributed by atoms with Gasteiger partial charge in [-0.05, 0) is 37.3 Å². The number of hydrogen-bond donors (Lipinski definition) is 3. The Hall–Kier alpha value is -3.20. The normalized spacial score (nSPS) is 11.3. The number of ether oxygens (including phenoxy) is 2. The number of nitrogens with one attached hydrogen (secondary N) is 2. The number of aromatic hydroxyl groups is 1. The van der Waals surface area contributed by atoms with Gasteiger partial charge in [0, 0.05) is 17.3 Å². The van der Waals surface area contributed by atoms with Crippen molar-refractivity contribution >= 4 is 41.2 Å². The number of hydrogen-bond acceptors (Lipinski definition) is 7. The second-order valence-electron chi connectivity index (χ2n) is 5.95. The number of carbonyl (C=O) groups is 3. The number of carbonyl (C=O) groups excluding carboxylic acids is 3. The standard InChI is InChI=1S/C20H22N2O6S/c1-12(20(26)22-15-8-13(10-23)4-6-16(15)24)29-11-19(25)21-14-5-7-17(27-2)18(9-14)28-3/h4-10,12,24H,11H2,1-3H3,(H,21,25)(H,22,26). The summed E-state index contributed by atoms with van der Waals surface area (Å²) in [6.45, 7) is 1.64. The molecule has 0 aliphatic carbocycles. The summed E-state index contributed by atoms with van der Waals surface area (Å²) in [6.07, 6.45) is 0.617. The molecule has 0 fully saturated rings. The van der Waals surface area contributed by atoms with Gasteiger partial charge in [-0.1, -0.05) is 0 Å². The smallest absolute Gasteiger partial charge is 0.237 e. The van der Waals surface area contributed by atoms with Crippen molar-refractivity contribution in [2.45, 2.75) is 12.2 Å². The lowest BCUT2D eigenvalue weighted by atomic mass is 10.2. The number of phenols is 1. The van der Waals surface area contributed by atoms with Gasteiger partial charge in [-0.3, -0.25) is 14.4 Å². The molecule has 2 rings (SSSR count). The maximum absolute atomic E-state index is 12.3. The van der Waals surface area contributed by atoms with Gasteiger partial charge in [-0.15, -0.1) is 11.8 Å². The molecule has 0 heterocycles. The molecule has 3 N–H and O–H groups in total. The maximum atomic E-state index is 12.3. The van der Waals surface area contributed by atoms with Crippen LogP contribution in [-0.4, -0.2) is 48.4 Å². The summed E-state index contributed by atoms with van der Waals surface area (Å²) in [6, 6.07) is 9.14. The molecule has 8 nitrogen and oxygen atoms in total. The van der Waals surface area contributed by atoms with Crippen molar-refractivity contribution in [2.24, 2.45) is 0 Å². The van der Waals surface area contributed by atoms with Gasteiger partial charge in [0.05, 0.1) is 30.9 Å². The van der Waals surface area contributed by atoms with Crippen LogP contribution in [-0.2, 0) is 9.59 Å². The molecule has 2 amide bonds. The van der Waals surface area contributed by atoms with E-state index in [0.717, 1.165) is 11.8 Å². The number of thioether (sulfide) groups is 1. The molecule has 2 aromatic carbocycles. The molecule has 0 saturated heterocycles. The molecule has 1 atom stereocenters. The quantitative estimate of drug-likeness (QED) is 0.424. The number of benzene rings is 2. The zero-order chi connectivity index (χ0) is 21.4. The van der Waals surface area contributed by atoms with E-state index in [9.17, 15) is 19.5 Å². The highest BCUT2D eigenvalue weighted by atomic mass is 32.2. The van der Waals surface area contributed by atoms with Crippen molar-refractivity contribution in [2.75, 3.05) is 30.6 Å². The molecular weight excluding hydrogens is 396 g/mol. The van der Waals surface area contributed by atoms with Gasteiger partial charge < -0.3 is 25.2 Å². The van der Waals surface area contributed by atoms with Crippen LogP contribution < -0.4 is 20.1 Å². The van der Waals surface area contributed by atoms with Crippen LogP contribution in [0.1, 0.15) is 17.3 Å². The lowest BCUT2D eigenvalue weighted by molar-refractivity contribution is -0.115. The van der Waals surface area contributed by atoms with E-state index >= 15 is 0 Å². The minimum absolute atomic E-state index is 0.0449. The monoisotopic (exact) mass is 418 g/mol. The van der Waals surface area contributed by atoms with E-state index < -0.39 is 11.2 Å². The number of phenolic OH excluding ortho intramolecular Hbond substituents is 1. The lowest BCUT2D eigenvalue weighted by Gasteiger charge is -2.14. The van der Waals surface area contributed by atoms with Crippen LogP contribution in [0.5, 0.6) is 17.2 Å². The van der Waals surface area contributed by atoms with Gasteiger partial charge in [0.25, 0.3) is 0 Å². The molecule has 0 saturated carbocycles. The van der Waals surface area contributed by atoms with E-state index in [1.165, 1.54) is 32.4 Å². The zero-order valence-electron chi connectivity index (χ0n) is 16.2. The van der Waals surface area contributed by atoms with Crippen LogP contribution in [0.15, 0.2) is 36.4 Å². The SMILES string of the molecule is COc1ccc(NC(=O)CSC(C)C(=O)Nc2cc(C=O)ccc2O)cc1OC. The topological polar surface area (TPSA) is 114 Å². The molecule has 0 aromatic heterocycles. The molecule has 0 spiro atoms. The van der Waals surface area contributed by atoms with Crippen molar-refractivity contribution in [3.05, 3.63) is 42.0 Å². The van der Waals surface area contributed by atoms with E-state index in [-0.39, 0.29) is 23.1 Å². The summed E-state index contributed by atoms with van der Waals surface area (Å²) in [5.41, 5.74) is 1.01. The predicted octanol–water partition coefficient (Wildman–Crippen LogP) is 2.92. The predicted molar refractivity (Wildman–Crippen MR) is 112 cm³/mol. The summed E-state index contributed by atoms with van der Waals surface area (Å²) in [7, 11) is 3.02. The first-order valence-corrected chi connectivity index (χ1v) is 9.65. The Bertz CT molecular complexity index is 903. The van der Waals surface area contributed by atoms with Gasteiger partial charge in [-0.2, -0.15) is 0 Å². The second kappa shape index (κ2) is 10.4. The molecule has 2 aromatic rings. The molecule has 0 aliphatic heterocycles. The summed E-state index contributed by atoms with van der Waals surface area (Å²) in [5, 5.41) is 14.5. The highest BCUT2D eigenvalue weighted by Gasteiger charge is 2.17. The van der Waals surface area contributed by atoms with Gasteiger partial charge in [0.15, 0.2) is 11.5 Å². The molecule has 0 bridgehead atoms. The van der Waals surface area contributed by atoms with E-state index in [1.54, 1.807) is 25.1 Å². The Morgan fingerprint density at radius 2 is 1.83 bits per heavy atom.